The van der Waals surface area contributed by atoms with Gasteiger partial charge in [-0.2, -0.15) is 0 Å². The van der Waals surface area contributed by atoms with Crippen molar-refractivity contribution in [1.82, 2.24) is 9.88 Å². The van der Waals surface area contributed by atoms with E-state index in [9.17, 15) is 9.90 Å². The number of carbonyl (C=O) groups is 1. The Morgan fingerprint density at radius 3 is 2.71 bits per heavy atom. The maximum Gasteiger partial charge on any atom is 0.322 e. The van der Waals surface area contributed by atoms with E-state index in [-0.39, 0.29) is 12.6 Å². The second-order valence-electron chi connectivity index (χ2n) is 6.95. The van der Waals surface area contributed by atoms with Crippen LogP contribution in [-0.2, 0) is 0 Å². The summed E-state index contributed by atoms with van der Waals surface area (Å²) in [5, 5.41) is 22.1. The molecule has 1 aromatic carbocycles. The number of nitrogens with zero attached hydrogens (tertiary/aromatic N) is 2. The molecule has 2 heterocycles. The Kier molecular flexibility index (Phi) is 6.34. The monoisotopic (exact) mass is 401 g/mol. The first-order valence-electron chi connectivity index (χ1n) is 9.16. The Bertz CT molecular complexity index is 914. The van der Waals surface area contributed by atoms with Crippen LogP contribution < -0.4 is 5.32 Å². The van der Waals surface area contributed by atoms with Crippen LogP contribution >= 0.6 is 11.6 Å². The van der Waals surface area contributed by atoms with Gasteiger partial charge in [0.25, 0.3) is 0 Å². The molecule has 2 aromatic rings. The van der Waals surface area contributed by atoms with Gasteiger partial charge in [0.2, 0.25) is 0 Å². The van der Waals surface area contributed by atoms with Gasteiger partial charge in [-0.25, -0.2) is 4.79 Å². The van der Waals surface area contributed by atoms with E-state index in [1.807, 2.05) is 38.1 Å². The number of pyridine rings is 1. The lowest BCUT2D eigenvalue weighted by atomic mass is 10.0. The maximum atomic E-state index is 12.5. The van der Waals surface area contributed by atoms with Crippen LogP contribution in [0.25, 0.3) is 5.57 Å². The molecule has 1 aliphatic heterocycles. The Morgan fingerprint density at radius 1 is 1.32 bits per heavy atom. The van der Waals surface area contributed by atoms with Gasteiger partial charge in [-0.15, -0.1) is 0 Å². The average molecular weight is 402 g/mol. The van der Waals surface area contributed by atoms with Gasteiger partial charge in [-0.1, -0.05) is 23.7 Å². The van der Waals surface area contributed by atoms with Crippen molar-refractivity contribution in [2.45, 2.75) is 26.4 Å². The summed E-state index contributed by atoms with van der Waals surface area (Å²) in [6.07, 6.45) is 3.10. The number of rotatable bonds is 4. The van der Waals surface area contributed by atoms with Gasteiger partial charge in [-0.3, -0.25) is 4.98 Å². The highest BCUT2D eigenvalue weighted by Gasteiger charge is 2.20. The van der Waals surface area contributed by atoms with Crippen molar-refractivity contribution in [3.05, 3.63) is 63.9 Å². The molecule has 0 aliphatic carbocycles. The summed E-state index contributed by atoms with van der Waals surface area (Å²) >= 11 is 6.31. The van der Waals surface area contributed by atoms with E-state index < -0.39 is 6.10 Å². The largest absolute Gasteiger partial charge is 0.393 e. The highest BCUT2D eigenvalue weighted by molar-refractivity contribution is 6.32. The lowest BCUT2D eigenvalue weighted by molar-refractivity contribution is 0.0953. The first kappa shape index (κ1) is 20.3. The van der Waals surface area contributed by atoms with Crippen LogP contribution in [0.5, 0.6) is 0 Å². The summed E-state index contributed by atoms with van der Waals surface area (Å²) < 4.78 is 0. The van der Waals surface area contributed by atoms with E-state index in [2.05, 4.69) is 10.3 Å². The topological polar surface area (TPSA) is 85.7 Å². The van der Waals surface area contributed by atoms with Gasteiger partial charge in [0.1, 0.15) is 6.10 Å². The van der Waals surface area contributed by atoms with Gasteiger partial charge < -0.3 is 20.4 Å². The van der Waals surface area contributed by atoms with Crippen molar-refractivity contribution in [2.75, 3.05) is 25.0 Å². The maximum absolute atomic E-state index is 12.5. The number of aliphatic hydroxyl groups excluding tert-OH is 2. The molecule has 0 saturated carbocycles. The van der Waals surface area contributed by atoms with Crippen molar-refractivity contribution in [3.8, 4) is 0 Å². The average Bonchev–Trinajstić information content (AvgIpc) is 2.70. The molecule has 0 saturated heterocycles. The number of hydrogen-bond acceptors (Lipinski definition) is 4. The summed E-state index contributed by atoms with van der Waals surface area (Å²) in [7, 11) is 0. The number of carbonyl (C=O) groups excluding carboxylic acids is 1. The number of aryl methyl sites for hydroxylation is 2. The van der Waals surface area contributed by atoms with E-state index in [1.165, 1.54) is 11.8 Å². The molecular weight excluding hydrogens is 378 g/mol. The second-order valence-corrected chi connectivity index (χ2v) is 7.36. The van der Waals surface area contributed by atoms with E-state index in [1.54, 1.807) is 11.0 Å². The van der Waals surface area contributed by atoms with Crippen molar-refractivity contribution in [3.63, 3.8) is 0 Å². The minimum Gasteiger partial charge on any atom is -0.393 e. The highest BCUT2D eigenvalue weighted by atomic mass is 35.5. The quantitative estimate of drug-likeness (QED) is 0.729. The molecule has 6 nitrogen and oxygen atoms in total. The van der Waals surface area contributed by atoms with Crippen molar-refractivity contribution < 1.29 is 15.0 Å². The predicted molar refractivity (Wildman–Crippen MR) is 110 cm³/mol. The normalized spacial score (nSPS) is 15.2. The number of aliphatic hydroxyl groups is 2. The Hall–Kier alpha value is -2.41. The van der Waals surface area contributed by atoms with Crippen molar-refractivity contribution in [2.24, 2.45) is 0 Å². The second kappa shape index (κ2) is 8.73. The van der Waals surface area contributed by atoms with Crippen LogP contribution in [0.15, 0.2) is 36.5 Å². The molecule has 0 fully saturated rings. The van der Waals surface area contributed by atoms with Crippen LogP contribution in [0, 0.1) is 13.8 Å². The van der Waals surface area contributed by atoms with Gasteiger partial charge in [-0.05, 0) is 55.2 Å². The number of nitrogens with one attached hydrogen (secondary N) is 1. The molecule has 3 rings (SSSR count). The van der Waals surface area contributed by atoms with E-state index in [0.717, 1.165) is 16.8 Å². The molecule has 0 spiro atoms. The van der Waals surface area contributed by atoms with Crippen molar-refractivity contribution in [1.29, 1.82) is 0 Å². The standard InChI is InChI=1S/C21H24ClN3O3/c1-13-3-4-17(9-14(13)2)24-21(28)25-7-5-15(6-8-25)20-18(22)10-16(11-23-20)19(27)12-26/h3-5,9-11,19,26-27H,6-8,12H2,1-2H3,(H,24,28)/t19-/m1/s1. The molecule has 1 atom stereocenters. The summed E-state index contributed by atoms with van der Waals surface area (Å²) in [4.78, 5) is 18.6. The third kappa shape index (κ3) is 4.52. The van der Waals surface area contributed by atoms with Crippen LogP contribution in [0.4, 0.5) is 10.5 Å². The van der Waals surface area contributed by atoms with Crippen LogP contribution in [-0.4, -0.2) is 45.8 Å². The number of benzene rings is 1. The lowest BCUT2D eigenvalue weighted by Gasteiger charge is -2.27. The van der Waals surface area contributed by atoms with Crippen molar-refractivity contribution >= 4 is 28.9 Å². The third-order valence-corrected chi connectivity index (χ3v) is 5.27. The fourth-order valence-electron chi connectivity index (χ4n) is 3.07. The Balaban J connectivity index is 1.66. The number of amides is 2. The van der Waals surface area contributed by atoms with Crippen LogP contribution in [0.1, 0.15) is 34.9 Å². The minimum absolute atomic E-state index is 0.140. The zero-order valence-electron chi connectivity index (χ0n) is 15.9. The van der Waals surface area contributed by atoms with Gasteiger partial charge in [0.15, 0.2) is 0 Å². The van der Waals surface area contributed by atoms with Crippen LogP contribution in [0.3, 0.4) is 0 Å². The molecule has 28 heavy (non-hydrogen) atoms. The first-order chi connectivity index (χ1) is 13.4. The summed E-state index contributed by atoms with van der Waals surface area (Å²) in [6, 6.07) is 7.33. The fourth-order valence-corrected chi connectivity index (χ4v) is 3.36. The third-order valence-electron chi connectivity index (χ3n) is 4.98. The molecule has 1 aliphatic rings. The summed E-state index contributed by atoms with van der Waals surface area (Å²) in [5.41, 5.74) is 5.18. The van der Waals surface area contributed by atoms with E-state index in [4.69, 9.17) is 16.7 Å². The SMILES string of the molecule is Cc1ccc(NC(=O)N2CC=C(c3ncc([C@H](O)CO)cc3Cl)CC2)cc1C. The molecule has 7 heteroatoms. The molecule has 148 valence electrons. The number of anilines is 1. The fraction of sp³-hybridized carbons (Fsp3) is 0.333. The van der Waals surface area contributed by atoms with Crippen LogP contribution in [0.2, 0.25) is 5.02 Å². The first-order valence-corrected chi connectivity index (χ1v) is 9.53. The molecule has 3 N–H and O–H groups in total. The number of hydrogen-bond donors (Lipinski definition) is 3. The minimum atomic E-state index is -0.996. The highest BCUT2D eigenvalue weighted by Crippen LogP contribution is 2.29. The lowest BCUT2D eigenvalue weighted by Crippen LogP contribution is -2.38. The molecule has 0 bridgehead atoms. The zero-order chi connectivity index (χ0) is 20.3. The number of aromatic nitrogens is 1. The zero-order valence-corrected chi connectivity index (χ0v) is 16.7. The summed E-state index contributed by atoms with van der Waals surface area (Å²) in [6.45, 7) is 4.69. The molecule has 0 radical (unpaired) electrons. The van der Waals surface area contributed by atoms with E-state index in [0.29, 0.717) is 35.8 Å². The Labute approximate surface area is 169 Å². The Morgan fingerprint density at radius 2 is 2.11 bits per heavy atom. The molecule has 1 aromatic heterocycles. The molecule has 2 amide bonds. The predicted octanol–water partition coefficient (Wildman–Crippen LogP) is 3.70. The molecular formula is C21H24ClN3O3. The smallest absolute Gasteiger partial charge is 0.322 e. The van der Waals surface area contributed by atoms with E-state index >= 15 is 0 Å². The molecule has 0 unspecified atom stereocenters. The number of urea groups is 1. The summed E-state index contributed by atoms with van der Waals surface area (Å²) in [5.74, 6) is 0. The van der Waals surface area contributed by atoms with Gasteiger partial charge in [0.05, 0.1) is 17.3 Å². The van der Waals surface area contributed by atoms with Gasteiger partial charge >= 0.3 is 6.03 Å². The number of halogens is 1. The van der Waals surface area contributed by atoms with Gasteiger partial charge in [0, 0.05) is 30.5 Å².